The predicted octanol–water partition coefficient (Wildman–Crippen LogP) is 2.76. The van der Waals surface area contributed by atoms with Crippen molar-refractivity contribution < 1.29 is 14.5 Å². The highest BCUT2D eigenvalue weighted by molar-refractivity contribution is 7.17. The lowest BCUT2D eigenvalue weighted by Crippen LogP contribution is -2.21. The summed E-state index contributed by atoms with van der Waals surface area (Å²) in [6.07, 6.45) is 2.72. The average molecular weight is 345 g/mol. The van der Waals surface area contributed by atoms with Crippen LogP contribution < -0.4 is 10.6 Å². The van der Waals surface area contributed by atoms with Crippen LogP contribution in [0, 0.1) is 10.1 Å². The number of fused-ring (bicyclic) bond motifs is 1. The van der Waals surface area contributed by atoms with Gasteiger partial charge in [-0.05, 0) is 30.9 Å². The highest BCUT2D eigenvalue weighted by Crippen LogP contribution is 2.39. The van der Waals surface area contributed by atoms with Crippen molar-refractivity contribution >= 4 is 33.8 Å². The minimum absolute atomic E-state index is 0.150. The number of benzene rings is 1. The molecule has 0 bridgehead atoms. The first-order valence-corrected chi connectivity index (χ1v) is 8.25. The summed E-state index contributed by atoms with van der Waals surface area (Å²) < 4.78 is 0. The monoisotopic (exact) mass is 345 g/mol. The molecule has 1 aliphatic rings. The molecular weight excluding hydrogens is 330 g/mol. The van der Waals surface area contributed by atoms with Crippen molar-refractivity contribution in [1.82, 2.24) is 5.32 Å². The molecule has 2 aromatic rings. The first-order chi connectivity index (χ1) is 11.5. The topological polar surface area (TPSA) is 101 Å². The number of nitro groups is 1. The van der Waals surface area contributed by atoms with Crippen molar-refractivity contribution in [2.45, 2.75) is 19.3 Å². The van der Waals surface area contributed by atoms with Crippen LogP contribution in [0.5, 0.6) is 0 Å². The number of hydrogen-bond acceptors (Lipinski definition) is 5. The summed E-state index contributed by atoms with van der Waals surface area (Å²) in [5.74, 6) is -0.701. The van der Waals surface area contributed by atoms with E-state index < -0.39 is 10.8 Å². The van der Waals surface area contributed by atoms with Gasteiger partial charge < -0.3 is 10.6 Å². The van der Waals surface area contributed by atoms with Gasteiger partial charge in [-0.3, -0.25) is 19.7 Å². The number of carbonyl (C=O) groups excluding carboxylic acids is 2. The van der Waals surface area contributed by atoms with Gasteiger partial charge in [0.05, 0.1) is 10.5 Å². The van der Waals surface area contributed by atoms with E-state index in [0.29, 0.717) is 10.6 Å². The molecule has 1 aliphatic carbocycles. The van der Waals surface area contributed by atoms with E-state index in [2.05, 4.69) is 10.6 Å². The zero-order valence-corrected chi connectivity index (χ0v) is 13.7. The molecule has 0 saturated heterocycles. The Labute approximate surface area is 141 Å². The van der Waals surface area contributed by atoms with Crippen LogP contribution in [-0.2, 0) is 12.8 Å². The van der Waals surface area contributed by atoms with Gasteiger partial charge in [-0.1, -0.05) is 6.07 Å². The number of nitrogens with zero attached hydrogens (tertiary/aromatic N) is 1. The predicted molar refractivity (Wildman–Crippen MR) is 90.8 cm³/mol. The molecule has 8 heteroatoms. The molecule has 0 saturated carbocycles. The third kappa shape index (κ3) is 2.88. The van der Waals surface area contributed by atoms with E-state index in [1.165, 1.54) is 35.6 Å². The van der Waals surface area contributed by atoms with Crippen molar-refractivity contribution in [3.63, 3.8) is 0 Å². The summed E-state index contributed by atoms with van der Waals surface area (Å²) in [5.41, 5.74) is 1.53. The van der Waals surface area contributed by atoms with Gasteiger partial charge in [0, 0.05) is 29.6 Å². The number of thiophene rings is 1. The largest absolute Gasteiger partial charge is 0.355 e. The van der Waals surface area contributed by atoms with Crippen LogP contribution in [0.1, 0.15) is 37.6 Å². The summed E-state index contributed by atoms with van der Waals surface area (Å²) in [6.45, 7) is 0. The number of rotatable bonds is 4. The molecule has 7 nitrogen and oxygen atoms in total. The number of nitro benzene ring substituents is 1. The Morgan fingerprint density at radius 1 is 1.25 bits per heavy atom. The third-order valence-corrected chi connectivity index (χ3v) is 5.13. The fraction of sp³-hybridized carbons (Fsp3) is 0.250. The van der Waals surface area contributed by atoms with E-state index in [1.807, 2.05) is 0 Å². The maximum Gasteiger partial charge on any atom is 0.270 e. The summed E-state index contributed by atoms with van der Waals surface area (Å²) in [4.78, 5) is 36.0. The zero-order chi connectivity index (χ0) is 17.3. The van der Waals surface area contributed by atoms with E-state index in [0.717, 1.165) is 29.7 Å². The number of carbonyl (C=O) groups is 2. The molecule has 0 aliphatic heterocycles. The fourth-order valence-corrected chi connectivity index (χ4v) is 4.08. The van der Waals surface area contributed by atoms with Crippen molar-refractivity contribution in [2.24, 2.45) is 0 Å². The molecule has 124 valence electrons. The molecule has 1 heterocycles. The van der Waals surface area contributed by atoms with Gasteiger partial charge in [0.25, 0.3) is 17.5 Å². The highest BCUT2D eigenvalue weighted by Gasteiger charge is 2.27. The first-order valence-electron chi connectivity index (χ1n) is 7.43. The van der Waals surface area contributed by atoms with Crippen LogP contribution in [0.3, 0.4) is 0 Å². The van der Waals surface area contributed by atoms with E-state index in [-0.39, 0.29) is 17.2 Å². The zero-order valence-electron chi connectivity index (χ0n) is 12.9. The van der Waals surface area contributed by atoms with Crippen LogP contribution in [0.25, 0.3) is 0 Å². The number of hydrogen-bond donors (Lipinski definition) is 2. The van der Waals surface area contributed by atoms with Crippen LogP contribution in [0.15, 0.2) is 24.3 Å². The molecule has 0 atom stereocenters. The van der Waals surface area contributed by atoms with Crippen LogP contribution in [-0.4, -0.2) is 23.8 Å². The Morgan fingerprint density at radius 2 is 2.04 bits per heavy atom. The molecule has 0 unspecified atom stereocenters. The molecule has 24 heavy (non-hydrogen) atoms. The Kier molecular flexibility index (Phi) is 4.30. The lowest BCUT2D eigenvalue weighted by molar-refractivity contribution is -0.384. The van der Waals surface area contributed by atoms with Gasteiger partial charge in [-0.15, -0.1) is 11.3 Å². The molecule has 1 aromatic heterocycles. The molecule has 2 amide bonds. The van der Waals surface area contributed by atoms with Crippen molar-refractivity contribution in [2.75, 3.05) is 12.4 Å². The lowest BCUT2D eigenvalue weighted by atomic mass is 10.1. The number of amides is 2. The number of non-ortho nitro benzene ring substituents is 1. The normalized spacial score (nSPS) is 12.5. The molecule has 2 N–H and O–H groups in total. The summed E-state index contributed by atoms with van der Waals surface area (Å²) in [7, 11) is 1.55. The van der Waals surface area contributed by atoms with E-state index in [4.69, 9.17) is 0 Å². The van der Waals surface area contributed by atoms with Crippen molar-refractivity contribution in [1.29, 1.82) is 0 Å². The van der Waals surface area contributed by atoms with Crippen molar-refractivity contribution in [3.05, 3.63) is 55.9 Å². The van der Waals surface area contributed by atoms with Gasteiger partial charge in [0.15, 0.2) is 0 Å². The second-order valence-electron chi connectivity index (χ2n) is 5.40. The van der Waals surface area contributed by atoms with Gasteiger partial charge in [-0.25, -0.2) is 0 Å². The van der Waals surface area contributed by atoms with Gasteiger partial charge in [-0.2, -0.15) is 0 Å². The van der Waals surface area contributed by atoms with Crippen LogP contribution in [0.4, 0.5) is 10.7 Å². The maximum absolute atomic E-state index is 12.4. The highest BCUT2D eigenvalue weighted by atomic mass is 32.1. The molecule has 3 rings (SSSR count). The molecular formula is C16H15N3O4S. The second kappa shape index (κ2) is 6.40. The maximum atomic E-state index is 12.4. The van der Waals surface area contributed by atoms with Gasteiger partial charge >= 0.3 is 0 Å². The Balaban J connectivity index is 1.91. The average Bonchev–Trinajstić information content (AvgIpc) is 3.14. The van der Waals surface area contributed by atoms with E-state index in [1.54, 1.807) is 7.05 Å². The summed E-state index contributed by atoms with van der Waals surface area (Å²) >= 11 is 1.40. The standard InChI is InChI=1S/C16H15N3O4S/c1-17-15(21)13-11-6-3-7-12(11)24-16(13)18-14(20)9-4-2-5-10(8-9)19(22)23/h2,4-5,8H,3,6-7H2,1H3,(H,17,21)(H,18,20). The Bertz CT molecular complexity index is 844. The van der Waals surface area contributed by atoms with Crippen LogP contribution in [0.2, 0.25) is 0 Å². The van der Waals surface area contributed by atoms with E-state index >= 15 is 0 Å². The van der Waals surface area contributed by atoms with E-state index in [9.17, 15) is 19.7 Å². The minimum atomic E-state index is -0.549. The Hall–Kier alpha value is -2.74. The third-order valence-electron chi connectivity index (χ3n) is 3.92. The molecule has 1 aromatic carbocycles. The smallest absolute Gasteiger partial charge is 0.270 e. The number of aryl methyl sites for hydroxylation is 1. The van der Waals surface area contributed by atoms with Crippen molar-refractivity contribution in [3.8, 4) is 0 Å². The summed E-state index contributed by atoms with van der Waals surface area (Å²) in [6, 6.07) is 5.51. The number of nitrogens with one attached hydrogen (secondary N) is 2. The number of anilines is 1. The molecule has 0 fully saturated rings. The quantitative estimate of drug-likeness (QED) is 0.657. The van der Waals surface area contributed by atoms with Crippen LogP contribution >= 0.6 is 11.3 Å². The fourth-order valence-electron chi connectivity index (χ4n) is 2.79. The first kappa shape index (κ1) is 16.1. The molecule has 0 spiro atoms. The lowest BCUT2D eigenvalue weighted by Gasteiger charge is -2.07. The molecule has 0 radical (unpaired) electrons. The second-order valence-corrected chi connectivity index (χ2v) is 6.51. The van der Waals surface area contributed by atoms with Gasteiger partial charge in [0.1, 0.15) is 5.00 Å². The van der Waals surface area contributed by atoms with Gasteiger partial charge in [0.2, 0.25) is 0 Å². The minimum Gasteiger partial charge on any atom is -0.355 e. The SMILES string of the molecule is CNC(=O)c1c(NC(=O)c2cccc([N+](=O)[O-])c2)sc2c1CCC2. The Morgan fingerprint density at radius 3 is 2.75 bits per heavy atom. The summed E-state index contributed by atoms with van der Waals surface area (Å²) in [5, 5.41) is 16.7.